The Balaban J connectivity index is 2.46. The molecule has 1 aliphatic heterocycles. The molecule has 1 nitrogen and oxygen atoms in total. The van der Waals surface area contributed by atoms with Gasteiger partial charge in [-0.15, -0.1) is 0 Å². The van der Waals surface area contributed by atoms with Gasteiger partial charge in [-0.25, -0.2) is 13.2 Å². The molecule has 0 aromatic rings. The minimum Gasteiger partial charge on any atom is -0.420 e. The van der Waals surface area contributed by atoms with Crippen LogP contribution in [0.15, 0.2) is 0 Å². The SMILES string of the molecule is CC(C)(C[SiH]1CCCCO1)C(F)C(F)F. The predicted molar refractivity (Wildman–Crippen MR) is 56.6 cm³/mol. The molecule has 5 heteroatoms. The molecule has 1 heterocycles. The van der Waals surface area contributed by atoms with E-state index in [1.807, 2.05) is 0 Å². The van der Waals surface area contributed by atoms with E-state index >= 15 is 0 Å². The third-order valence-corrected chi connectivity index (χ3v) is 6.26. The highest BCUT2D eigenvalue weighted by molar-refractivity contribution is 6.52. The molecule has 0 aliphatic carbocycles. The molecule has 0 bridgehead atoms. The van der Waals surface area contributed by atoms with Crippen LogP contribution in [-0.4, -0.2) is 28.2 Å². The van der Waals surface area contributed by atoms with E-state index in [1.165, 1.54) is 0 Å². The monoisotopic (exact) mass is 240 g/mol. The topological polar surface area (TPSA) is 9.23 Å². The van der Waals surface area contributed by atoms with Gasteiger partial charge in [0.2, 0.25) is 0 Å². The minimum absolute atomic E-state index is 0.512. The molecule has 0 aromatic carbocycles. The second-order valence-corrected chi connectivity index (χ2v) is 7.48. The Morgan fingerprint density at radius 1 is 1.27 bits per heavy atom. The lowest BCUT2D eigenvalue weighted by molar-refractivity contribution is -0.0111. The largest absolute Gasteiger partial charge is 0.420 e. The molecule has 15 heavy (non-hydrogen) atoms. The van der Waals surface area contributed by atoms with E-state index in [4.69, 9.17) is 4.43 Å². The molecule has 1 rings (SSSR count). The summed E-state index contributed by atoms with van der Waals surface area (Å²) >= 11 is 0. The summed E-state index contributed by atoms with van der Waals surface area (Å²) in [5.74, 6) is 0. The molecule has 1 saturated heterocycles. The summed E-state index contributed by atoms with van der Waals surface area (Å²) in [6.07, 6.45) is -2.75. The van der Waals surface area contributed by atoms with Crippen LogP contribution < -0.4 is 0 Å². The molecule has 0 N–H and O–H groups in total. The summed E-state index contributed by atoms with van der Waals surface area (Å²) < 4.78 is 43.4. The van der Waals surface area contributed by atoms with Gasteiger partial charge in [-0.05, 0) is 18.5 Å². The fourth-order valence-corrected chi connectivity index (χ4v) is 5.14. The second kappa shape index (κ2) is 5.34. The molecule has 0 saturated carbocycles. The maximum absolute atomic E-state index is 13.3. The Morgan fingerprint density at radius 3 is 2.40 bits per heavy atom. The fourth-order valence-electron chi connectivity index (χ4n) is 2.01. The highest BCUT2D eigenvalue weighted by atomic mass is 28.3. The quantitative estimate of drug-likeness (QED) is 0.686. The van der Waals surface area contributed by atoms with E-state index in [0.717, 1.165) is 25.5 Å². The lowest BCUT2D eigenvalue weighted by Gasteiger charge is -2.33. The van der Waals surface area contributed by atoms with Gasteiger partial charge in [0.15, 0.2) is 15.2 Å². The van der Waals surface area contributed by atoms with Gasteiger partial charge in [-0.1, -0.05) is 20.3 Å². The van der Waals surface area contributed by atoms with Crippen molar-refractivity contribution in [2.45, 2.75) is 51.4 Å². The van der Waals surface area contributed by atoms with E-state index in [-0.39, 0.29) is 0 Å². The maximum Gasteiger partial charge on any atom is 0.269 e. The molecule has 0 amide bonds. The van der Waals surface area contributed by atoms with E-state index in [2.05, 4.69) is 0 Å². The van der Waals surface area contributed by atoms with Crippen molar-refractivity contribution in [3.8, 4) is 0 Å². The first-order valence-corrected chi connectivity index (χ1v) is 7.58. The number of hydrogen-bond acceptors (Lipinski definition) is 1. The van der Waals surface area contributed by atoms with Crippen LogP contribution in [0.1, 0.15) is 26.7 Å². The zero-order chi connectivity index (χ0) is 11.5. The van der Waals surface area contributed by atoms with Crippen LogP contribution in [0, 0.1) is 5.41 Å². The first kappa shape index (κ1) is 13.0. The van der Waals surface area contributed by atoms with Gasteiger partial charge in [0.25, 0.3) is 6.43 Å². The van der Waals surface area contributed by atoms with Crippen LogP contribution in [0.3, 0.4) is 0 Å². The summed E-state index contributed by atoms with van der Waals surface area (Å²) in [5.41, 5.74) is -0.942. The molecule has 1 aliphatic rings. The van der Waals surface area contributed by atoms with Crippen LogP contribution >= 0.6 is 0 Å². The number of hydrogen-bond donors (Lipinski definition) is 0. The van der Waals surface area contributed by atoms with E-state index in [9.17, 15) is 13.2 Å². The van der Waals surface area contributed by atoms with Crippen molar-refractivity contribution in [2.75, 3.05) is 6.61 Å². The highest BCUT2D eigenvalue weighted by Crippen LogP contribution is 2.35. The molecule has 0 spiro atoms. The lowest BCUT2D eigenvalue weighted by Crippen LogP contribution is -2.37. The normalized spacial score (nSPS) is 25.6. The Morgan fingerprint density at radius 2 is 1.93 bits per heavy atom. The molecule has 0 aromatic heterocycles. The molecule has 1 fully saturated rings. The van der Waals surface area contributed by atoms with E-state index in [0.29, 0.717) is 6.04 Å². The summed E-state index contributed by atoms with van der Waals surface area (Å²) in [4.78, 5) is 0. The van der Waals surface area contributed by atoms with Crippen molar-refractivity contribution >= 4 is 9.04 Å². The third kappa shape index (κ3) is 3.79. The maximum atomic E-state index is 13.3. The van der Waals surface area contributed by atoms with Crippen molar-refractivity contribution in [3.05, 3.63) is 0 Å². The van der Waals surface area contributed by atoms with Gasteiger partial charge in [0.05, 0.1) is 0 Å². The Labute approximate surface area is 90.7 Å². The fraction of sp³-hybridized carbons (Fsp3) is 1.00. The Hall–Kier alpha value is -0.0331. The van der Waals surface area contributed by atoms with Crippen molar-refractivity contribution < 1.29 is 17.6 Å². The van der Waals surface area contributed by atoms with E-state index in [1.54, 1.807) is 13.8 Å². The Bertz CT molecular complexity index is 193. The summed E-state index contributed by atoms with van der Waals surface area (Å²) in [7, 11) is -1.42. The smallest absolute Gasteiger partial charge is 0.269 e. The third-order valence-electron chi connectivity index (χ3n) is 3.00. The summed E-state index contributed by atoms with van der Waals surface area (Å²) in [5, 5.41) is 0. The molecule has 0 radical (unpaired) electrons. The van der Waals surface area contributed by atoms with Crippen LogP contribution in [0.2, 0.25) is 12.1 Å². The average molecular weight is 240 g/mol. The summed E-state index contributed by atoms with van der Waals surface area (Å²) in [6, 6.07) is 1.51. The van der Waals surface area contributed by atoms with Crippen molar-refractivity contribution in [2.24, 2.45) is 5.41 Å². The first-order valence-electron chi connectivity index (χ1n) is 5.47. The molecule has 2 unspecified atom stereocenters. The van der Waals surface area contributed by atoms with Crippen molar-refractivity contribution in [1.29, 1.82) is 0 Å². The standard InChI is InChI=1S/C10H19F3OSi/c1-10(2,8(11)9(12)13)7-15-6-4-3-5-14-15/h8-9,15H,3-7H2,1-2H3. The van der Waals surface area contributed by atoms with Gasteiger partial charge in [-0.3, -0.25) is 0 Å². The number of rotatable bonds is 4. The van der Waals surface area contributed by atoms with Crippen molar-refractivity contribution in [3.63, 3.8) is 0 Å². The van der Waals surface area contributed by atoms with Crippen molar-refractivity contribution in [1.82, 2.24) is 0 Å². The van der Waals surface area contributed by atoms with Gasteiger partial charge in [0, 0.05) is 12.0 Å². The van der Waals surface area contributed by atoms with Gasteiger partial charge >= 0.3 is 0 Å². The van der Waals surface area contributed by atoms with Gasteiger partial charge in [-0.2, -0.15) is 0 Å². The predicted octanol–water partition coefficient (Wildman–Crippen LogP) is 3.15. The van der Waals surface area contributed by atoms with Crippen LogP contribution in [0.5, 0.6) is 0 Å². The molecule has 2 atom stereocenters. The minimum atomic E-state index is -2.88. The first-order chi connectivity index (χ1) is 6.93. The average Bonchev–Trinajstić information content (AvgIpc) is 2.17. The van der Waals surface area contributed by atoms with Gasteiger partial charge < -0.3 is 4.43 Å². The number of alkyl halides is 3. The zero-order valence-electron chi connectivity index (χ0n) is 9.31. The second-order valence-electron chi connectivity index (χ2n) is 4.92. The summed E-state index contributed by atoms with van der Waals surface area (Å²) in [6.45, 7) is 3.89. The Kier molecular flexibility index (Phi) is 4.64. The van der Waals surface area contributed by atoms with Gasteiger partial charge in [0.1, 0.15) is 0 Å². The molecular weight excluding hydrogens is 221 g/mol. The molecular formula is C10H19F3OSi. The lowest BCUT2D eigenvalue weighted by atomic mass is 9.90. The highest BCUT2D eigenvalue weighted by Gasteiger charge is 2.39. The zero-order valence-corrected chi connectivity index (χ0v) is 10.5. The van der Waals surface area contributed by atoms with Crippen LogP contribution in [0.25, 0.3) is 0 Å². The molecule has 90 valence electrons. The van der Waals surface area contributed by atoms with E-state index < -0.39 is 27.1 Å². The van der Waals surface area contributed by atoms with Crippen LogP contribution in [0.4, 0.5) is 13.2 Å². The van der Waals surface area contributed by atoms with Crippen LogP contribution in [-0.2, 0) is 4.43 Å². The number of halogens is 3.